The average molecular weight is 834 g/mol. The standard InChI is InChI=1S/C54H91NO5/c1-4-7-10-13-16-19-22-24-26-28-29-31-33-36-39-42-45-50(60-54(59)47-44-41-38-35-32-30-27-25-23-20-17-14-11-8-5-2)48-53(58)55-51(49-56)52(57)46-43-40-37-34-21-18-15-12-9-6-3/h8,11,14,17,20,22-32,50-52,56-57H,4-7,9-10,12-13,15-16,18-19,21,33-49H2,1-3H3,(H,55,58)/b11-8+,17-14+,23-20-,24-22+,27-25-,28-26+,31-29+,32-30+. The number of unbranched alkanes of at least 4 members (excludes halogenated alkanes) is 20. The molecule has 0 aromatic rings. The Kier molecular flexibility index (Phi) is 44.3. The van der Waals surface area contributed by atoms with E-state index in [1.165, 1.54) is 77.0 Å². The second-order valence-electron chi connectivity index (χ2n) is 16.3. The van der Waals surface area contributed by atoms with E-state index in [2.05, 4.69) is 80.8 Å². The highest BCUT2D eigenvalue weighted by molar-refractivity contribution is 5.77. The van der Waals surface area contributed by atoms with E-state index in [1.54, 1.807) is 0 Å². The van der Waals surface area contributed by atoms with Gasteiger partial charge < -0.3 is 20.3 Å². The largest absolute Gasteiger partial charge is 0.462 e. The van der Waals surface area contributed by atoms with Gasteiger partial charge in [-0.05, 0) is 70.6 Å². The zero-order valence-electron chi connectivity index (χ0n) is 38.8. The van der Waals surface area contributed by atoms with Gasteiger partial charge in [0.15, 0.2) is 0 Å². The summed E-state index contributed by atoms with van der Waals surface area (Å²) in [6.45, 7) is 6.28. The molecule has 3 N–H and O–H groups in total. The van der Waals surface area contributed by atoms with E-state index in [9.17, 15) is 19.8 Å². The third kappa shape index (κ3) is 41.5. The Labute approximate surface area is 369 Å². The molecule has 342 valence electrons. The lowest BCUT2D eigenvalue weighted by molar-refractivity contribution is -0.151. The Morgan fingerprint density at radius 3 is 1.38 bits per heavy atom. The predicted molar refractivity (Wildman–Crippen MR) is 259 cm³/mol. The van der Waals surface area contributed by atoms with Gasteiger partial charge >= 0.3 is 5.97 Å². The Balaban J connectivity index is 4.79. The van der Waals surface area contributed by atoms with E-state index < -0.39 is 18.2 Å². The molecule has 60 heavy (non-hydrogen) atoms. The maximum Gasteiger partial charge on any atom is 0.306 e. The molecule has 3 atom stereocenters. The van der Waals surface area contributed by atoms with Crippen LogP contribution in [0.1, 0.15) is 207 Å². The number of rotatable bonds is 42. The first-order valence-electron chi connectivity index (χ1n) is 24.6. The maximum absolute atomic E-state index is 13.2. The molecule has 6 nitrogen and oxygen atoms in total. The molecular weight excluding hydrogens is 743 g/mol. The fraction of sp³-hybridized carbons (Fsp3) is 0.667. The molecule has 1 amide bonds. The molecule has 0 fully saturated rings. The topological polar surface area (TPSA) is 95.9 Å². The van der Waals surface area contributed by atoms with Gasteiger partial charge in [-0.15, -0.1) is 0 Å². The summed E-state index contributed by atoms with van der Waals surface area (Å²) < 4.78 is 5.89. The van der Waals surface area contributed by atoms with Crippen molar-refractivity contribution in [1.82, 2.24) is 5.32 Å². The monoisotopic (exact) mass is 834 g/mol. The molecule has 0 aliphatic heterocycles. The smallest absolute Gasteiger partial charge is 0.306 e. The Hall–Kier alpha value is -3.22. The van der Waals surface area contributed by atoms with E-state index in [0.717, 1.165) is 83.5 Å². The molecule has 3 unspecified atom stereocenters. The van der Waals surface area contributed by atoms with Crippen molar-refractivity contribution < 1.29 is 24.5 Å². The van der Waals surface area contributed by atoms with Gasteiger partial charge in [0.05, 0.1) is 25.2 Å². The molecule has 0 rings (SSSR count). The maximum atomic E-state index is 13.2. The first-order valence-corrected chi connectivity index (χ1v) is 24.6. The number of nitrogens with one attached hydrogen (secondary N) is 1. The molecule has 0 bridgehead atoms. The van der Waals surface area contributed by atoms with E-state index in [4.69, 9.17) is 4.74 Å². The highest BCUT2D eigenvalue weighted by Gasteiger charge is 2.24. The summed E-state index contributed by atoms with van der Waals surface area (Å²) in [5, 5.41) is 23.7. The van der Waals surface area contributed by atoms with Crippen molar-refractivity contribution >= 4 is 11.9 Å². The minimum Gasteiger partial charge on any atom is -0.462 e. The molecule has 0 radical (unpaired) electrons. The van der Waals surface area contributed by atoms with Gasteiger partial charge in [0.2, 0.25) is 5.91 Å². The van der Waals surface area contributed by atoms with E-state index in [1.807, 2.05) is 42.5 Å². The number of hydrogen-bond donors (Lipinski definition) is 3. The molecule has 0 aromatic heterocycles. The van der Waals surface area contributed by atoms with Crippen molar-refractivity contribution in [2.24, 2.45) is 0 Å². The van der Waals surface area contributed by atoms with Crippen LogP contribution in [0.3, 0.4) is 0 Å². The number of aliphatic hydroxyl groups is 2. The average Bonchev–Trinajstić information content (AvgIpc) is 3.24. The number of carbonyl (C=O) groups excluding carboxylic acids is 2. The minimum absolute atomic E-state index is 0.0316. The number of ether oxygens (including phenoxy) is 1. The summed E-state index contributed by atoms with van der Waals surface area (Å²) in [5.74, 6) is -0.566. The van der Waals surface area contributed by atoms with Crippen molar-refractivity contribution in [3.8, 4) is 0 Å². The fourth-order valence-electron chi connectivity index (χ4n) is 6.86. The molecule has 0 heterocycles. The number of carbonyl (C=O) groups is 2. The minimum atomic E-state index is -0.809. The molecule has 6 heteroatoms. The van der Waals surface area contributed by atoms with Crippen molar-refractivity contribution in [2.75, 3.05) is 6.61 Å². The van der Waals surface area contributed by atoms with Crippen LogP contribution in [0.25, 0.3) is 0 Å². The second kappa shape index (κ2) is 46.8. The third-order valence-electron chi connectivity index (χ3n) is 10.6. The number of allylic oxidation sites excluding steroid dienone is 16. The summed E-state index contributed by atoms with van der Waals surface area (Å²) in [7, 11) is 0. The lowest BCUT2D eigenvalue weighted by atomic mass is 10.0. The van der Waals surface area contributed by atoms with Crippen molar-refractivity contribution in [3.05, 3.63) is 97.2 Å². The van der Waals surface area contributed by atoms with Gasteiger partial charge in [0.25, 0.3) is 0 Å². The number of amides is 1. The van der Waals surface area contributed by atoms with Crippen LogP contribution < -0.4 is 5.32 Å². The number of hydrogen-bond acceptors (Lipinski definition) is 5. The van der Waals surface area contributed by atoms with Crippen LogP contribution in [-0.2, 0) is 14.3 Å². The number of esters is 1. The zero-order valence-corrected chi connectivity index (χ0v) is 38.8. The first-order chi connectivity index (χ1) is 29.5. The summed E-state index contributed by atoms with van der Waals surface area (Å²) in [6.07, 6.45) is 61.7. The highest BCUT2D eigenvalue weighted by atomic mass is 16.5. The molecule has 0 saturated heterocycles. The van der Waals surface area contributed by atoms with Gasteiger partial charge in [-0.2, -0.15) is 0 Å². The molecular formula is C54H91NO5. The number of aliphatic hydroxyl groups excluding tert-OH is 2. The van der Waals surface area contributed by atoms with Gasteiger partial charge in [-0.3, -0.25) is 9.59 Å². The summed E-state index contributed by atoms with van der Waals surface area (Å²) in [4.78, 5) is 26.1. The van der Waals surface area contributed by atoms with Gasteiger partial charge in [-0.25, -0.2) is 0 Å². The van der Waals surface area contributed by atoms with E-state index in [0.29, 0.717) is 19.3 Å². The van der Waals surface area contributed by atoms with E-state index >= 15 is 0 Å². The SMILES string of the molecule is CC/C=C/C=C/C=C\C=C/C=C/CCCCCC(=O)OC(CCCCC/C=C/C=C/C=C/CCCCCCC)CC(=O)NC(CO)C(O)CCCCCCCCCCCC. The lowest BCUT2D eigenvalue weighted by Crippen LogP contribution is -2.46. The summed E-state index contributed by atoms with van der Waals surface area (Å²) in [5.41, 5.74) is 0. The molecule has 0 spiro atoms. The van der Waals surface area contributed by atoms with Crippen LogP contribution in [-0.4, -0.2) is 46.9 Å². The predicted octanol–water partition coefficient (Wildman–Crippen LogP) is 14.6. The zero-order chi connectivity index (χ0) is 43.8. The summed E-state index contributed by atoms with van der Waals surface area (Å²) in [6, 6.07) is -0.726. The van der Waals surface area contributed by atoms with Crippen LogP contribution in [0, 0.1) is 0 Å². The van der Waals surface area contributed by atoms with Crippen molar-refractivity contribution in [3.63, 3.8) is 0 Å². The Morgan fingerprint density at radius 2 is 0.900 bits per heavy atom. The van der Waals surface area contributed by atoms with Crippen LogP contribution in [0.4, 0.5) is 0 Å². The summed E-state index contributed by atoms with van der Waals surface area (Å²) >= 11 is 0. The van der Waals surface area contributed by atoms with E-state index in [-0.39, 0.29) is 24.9 Å². The molecule has 0 saturated carbocycles. The fourth-order valence-corrected chi connectivity index (χ4v) is 6.86. The Morgan fingerprint density at radius 1 is 0.500 bits per heavy atom. The second-order valence-corrected chi connectivity index (χ2v) is 16.3. The third-order valence-corrected chi connectivity index (χ3v) is 10.6. The van der Waals surface area contributed by atoms with Crippen LogP contribution in [0.15, 0.2) is 97.2 Å². The van der Waals surface area contributed by atoms with Crippen molar-refractivity contribution in [1.29, 1.82) is 0 Å². The lowest BCUT2D eigenvalue weighted by Gasteiger charge is -2.24. The van der Waals surface area contributed by atoms with Gasteiger partial charge in [0, 0.05) is 6.42 Å². The van der Waals surface area contributed by atoms with Gasteiger partial charge in [-0.1, -0.05) is 221 Å². The molecule has 0 aromatic carbocycles. The van der Waals surface area contributed by atoms with Gasteiger partial charge in [0.1, 0.15) is 6.10 Å². The van der Waals surface area contributed by atoms with Crippen molar-refractivity contribution in [2.45, 2.75) is 225 Å². The van der Waals surface area contributed by atoms with Crippen LogP contribution in [0.2, 0.25) is 0 Å². The highest BCUT2D eigenvalue weighted by Crippen LogP contribution is 2.16. The van der Waals surface area contributed by atoms with Crippen LogP contribution >= 0.6 is 0 Å². The quantitative estimate of drug-likeness (QED) is 0.0323. The molecule has 0 aliphatic rings. The first kappa shape index (κ1) is 56.8. The normalized spacial score (nSPS) is 14.2. The molecule has 0 aliphatic carbocycles. The van der Waals surface area contributed by atoms with Crippen LogP contribution in [0.5, 0.6) is 0 Å². The Bertz CT molecular complexity index is 1210.